The number of benzene rings is 1. The first kappa shape index (κ1) is 14.3. The standard InChI is InChI=1S/C11H14BrClN2O2S/c12-9-2-1-3-10(11(9)13)18(16,17)15-6-4-8(14)5-7-15/h1-3,8H,4-7,14H2. The average molecular weight is 354 g/mol. The fourth-order valence-corrected chi connectivity index (χ4v) is 4.41. The molecule has 0 atom stereocenters. The number of sulfonamides is 1. The highest BCUT2D eigenvalue weighted by Crippen LogP contribution is 2.31. The van der Waals surface area contributed by atoms with E-state index < -0.39 is 10.0 Å². The molecule has 1 aromatic rings. The maximum absolute atomic E-state index is 12.4. The molecule has 1 saturated heterocycles. The quantitative estimate of drug-likeness (QED) is 0.886. The molecule has 0 bridgehead atoms. The molecular formula is C11H14BrClN2O2S. The molecule has 0 spiro atoms. The molecule has 1 aromatic carbocycles. The van der Waals surface area contributed by atoms with Crippen LogP contribution in [0.25, 0.3) is 0 Å². The van der Waals surface area contributed by atoms with Crippen LogP contribution in [-0.4, -0.2) is 31.9 Å². The summed E-state index contributed by atoms with van der Waals surface area (Å²) in [5.74, 6) is 0. The van der Waals surface area contributed by atoms with Gasteiger partial charge in [0.05, 0.1) is 5.02 Å². The van der Waals surface area contributed by atoms with E-state index in [1.54, 1.807) is 12.1 Å². The summed E-state index contributed by atoms with van der Waals surface area (Å²) in [5.41, 5.74) is 5.78. The summed E-state index contributed by atoms with van der Waals surface area (Å²) in [6.07, 6.45) is 1.37. The van der Waals surface area contributed by atoms with Crippen molar-refractivity contribution in [2.45, 2.75) is 23.8 Å². The van der Waals surface area contributed by atoms with Gasteiger partial charge in [0.2, 0.25) is 10.0 Å². The van der Waals surface area contributed by atoms with Crippen molar-refractivity contribution < 1.29 is 8.42 Å². The first-order valence-corrected chi connectivity index (χ1v) is 8.24. The third-order valence-electron chi connectivity index (χ3n) is 3.03. The van der Waals surface area contributed by atoms with Crippen LogP contribution in [-0.2, 0) is 10.0 Å². The van der Waals surface area contributed by atoms with Crippen LogP contribution >= 0.6 is 27.5 Å². The lowest BCUT2D eigenvalue weighted by atomic mass is 10.1. The first-order valence-electron chi connectivity index (χ1n) is 5.62. The molecule has 1 fully saturated rings. The van der Waals surface area contributed by atoms with Gasteiger partial charge in [-0.15, -0.1) is 0 Å². The van der Waals surface area contributed by atoms with Gasteiger partial charge in [-0.1, -0.05) is 17.7 Å². The van der Waals surface area contributed by atoms with Gasteiger partial charge in [0.15, 0.2) is 0 Å². The van der Waals surface area contributed by atoms with Crippen molar-refractivity contribution in [1.29, 1.82) is 0 Å². The molecule has 1 aliphatic heterocycles. The lowest BCUT2D eigenvalue weighted by Crippen LogP contribution is -2.42. The van der Waals surface area contributed by atoms with E-state index in [2.05, 4.69) is 15.9 Å². The molecule has 7 heteroatoms. The summed E-state index contributed by atoms with van der Waals surface area (Å²) in [6, 6.07) is 5.00. The Hall–Kier alpha value is -0.140. The molecule has 2 rings (SSSR count). The lowest BCUT2D eigenvalue weighted by molar-refractivity contribution is 0.320. The Kier molecular flexibility index (Phi) is 4.33. The normalized spacial score (nSPS) is 19.1. The minimum Gasteiger partial charge on any atom is -0.328 e. The number of hydrogen-bond acceptors (Lipinski definition) is 3. The van der Waals surface area contributed by atoms with Gasteiger partial charge in [0.1, 0.15) is 4.90 Å². The maximum atomic E-state index is 12.4. The number of nitrogens with zero attached hydrogens (tertiary/aromatic N) is 1. The van der Waals surface area contributed by atoms with E-state index in [0.29, 0.717) is 30.4 Å². The zero-order chi connectivity index (χ0) is 13.3. The Morgan fingerprint density at radius 1 is 1.33 bits per heavy atom. The number of piperidine rings is 1. The fourth-order valence-electron chi connectivity index (χ4n) is 1.94. The summed E-state index contributed by atoms with van der Waals surface area (Å²) in [4.78, 5) is 0.147. The molecule has 1 aliphatic rings. The van der Waals surface area contributed by atoms with Gasteiger partial charge in [-0.05, 0) is 40.9 Å². The number of halogens is 2. The Balaban J connectivity index is 2.34. The van der Waals surface area contributed by atoms with E-state index >= 15 is 0 Å². The second kappa shape index (κ2) is 5.46. The van der Waals surface area contributed by atoms with Gasteiger partial charge in [0, 0.05) is 23.6 Å². The smallest absolute Gasteiger partial charge is 0.244 e. The molecular weight excluding hydrogens is 340 g/mol. The molecule has 100 valence electrons. The minimum atomic E-state index is -3.52. The van der Waals surface area contributed by atoms with Crippen molar-refractivity contribution >= 4 is 37.6 Å². The Morgan fingerprint density at radius 3 is 2.56 bits per heavy atom. The molecule has 0 amide bonds. The van der Waals surface area contributed by atoms with Gasteiger partial charge >= 0.3 is 0 Å². The number of hydrogen-bond donors (Lipinski definition) is 1. The molecule has 0 saturated carbocycles. The van der Waals surface area contributed by atoms with Crippen molar-refractivity contribution in [3.63, 3.8) is 0 Å². The monoisotopic (exact) mass is 352 g/mol. The van der Waals surface area contributed by atoms with Crippen LogP contribution in [0.1, 0.15) is 12.8 Å². The van der Waals surface area contributed by atoms with Crippen LogP contribution in [0.2, 0.25) is 5.02 Å². The summed E-state index contributed by atoms with van der Waals surface area (Å²) in [5, 5.41) is 0.229. The number of nitrogens with two attached hydrogens (primary N) is 1. The SMILES string of the molecule is NC1CCN(S(=O)(=O)c2cccc(Br)c2Cl)CC1. The van der Waals surface area contributed by atoms with E-state index in [1.165, 1.54) is 10.4 Å². The highest BCUT2D eigenvalue weighted by molar-refractivity contribution is 9.10. The lowest BCUT2D eigenvalue weighted by Gasteiger charge is -2.29. The van der Waals surface area contributed by atoms with Crippen LogP contribution in [0, 0.1) is 0 Å². The Labute approximate surface area is 120 Å². The highest BCUT2D eigenvalue weighted by Gasteiger charge is 2.30. The van der Waals surface area contributed by atoms with Gasteiger partial charge in [0.25, 0.3) is 0 Å². The van der Waals surface area contributed by atoms with E-state index in [0.717, 1.165) is 0 Å². The average Bonchev–Trinajstić information content (AvgIpc) is 2.33. The minimum absolute atomic E-state index is 0.0921. The largest absolute Gasteiger partial charge is 0.328 e. The Morgan fingerprint density at radius 2 is 1.94 bits per heavy atom. The van der Waals surface area contributed by atoms with E-state index in [-0.39, 0.29) is 16.0 Å². The van der Waals surface area contributed by atoms with Gasteiger partial charge in [-0.25, -0.2) is 8.42 Å². The predicted molar refractivity (Wildman–Crippen MR) is 75.1 cm³/mol. The maximum Gasteiger partial charge on any atom is 0.244 e. The van der Waals surface area contributed by atoms with Crippen molar-refractivity contribution in [1.82, 2.24) is 4.31 Å². The summed E-state index contributed by atoms with van der Waals surface area (Å²) in [6.45, 7) is 0.901. The molecule has 1 heterocycles. The van der Waals surface area contributed by atoms with Crippen molar-refractivity contribution in [3.8, 4) is 0 Å². The third-order valence-corrected chi connectivity index (χ3v) is 6.38. The third kappa shape index (κ3) is 2.72. The molecule has 4 nitrogen and oxygen atoms in total. The molecule has 2 N–H and O–H groups in total. The second-order valence-corrected chi connectivity index (χ2v) is 7.43. The van der Waals surface area contributed by atoms with Crippen LogP contribution < -0.4 is 5.73 Å². The molecule has 0 aliphatic carbocycles. The predicted octanol–water partition coefficient (Wildman–Crippen LogP) is 2.21. The van der Waals surface area contributed by atoms with Crippen LogP contribution in [0.4, 0.5) is 0 Å². The topological polar surface area (TPSA) is 63.4 Å². The van der Waals surface area contributed by atoms with Crippen LogP contribution in [0.3, 0.4) is 0 Å². The Bertz CT molecular complexity index is 542. The summed E-state index contributed by atoms with van der Waals surface area (Å²) < 4.78 is 26.9. The van der Waals surface area contributed by atoms with Gasteiger partial charge < -0.3 is 5.73 Å². The van der Waals surface area contributed by atoms with Gasteiger partial charge in [-0.2, -0.15) is 4.31 Å². The zero-order valence-corrected chi connectivity index (χ0v) is 12.8. The van der Waals surface area contributed by atoms with E-state index in [1.807, 2.05) is 0 Å². The fraction of sp³-hybridized carbons (Fsp3) is 0.455. The summed E-state index contributed by atoms with van der Waals surface area (Å²) in [7, 11) is -3.52. The molecule has 0 radical (unpaired) electrons. The van der Waals surface area contributed by atoms with Crippen molar-refractivity contribution in [3.05, 3.63) is 27.7 Å². The molecule has 0 aromatic heterocycles. The van der Waals surface area contributed by atoms with E-state index in [9.17, 15) is 8.42 Å². The van der Waals surface area contributed by atoms with Crippen LogP contribution in [0.5, 0.6) is 0 Å². The second-order valence-electron chi connectivity index (χ2n) is 4.29. The van der Waals surface area contributed by atoms with Gasteiger partial charge in [-0.3, -0.25) is 0 Å². The summed E-state index contributed by atoms with van der Waals surface area (Å²) >= 11 is 9.29. The molecule has 0 unspecified atom stereocenters. The number of rotatable bonds is 2. The van der Waals surface area contributed by atoms with Crippen molar-refractivity contribution in [2.24, 2.45) is 5.73 Å². The molecule has 18 heavy (non-hydrogen) atoms. The highest BCUT2D eigenvalue weighted by atomic mass is 79.9. The first-order chi connectivity index (χ1) is 8.43. The van der Waals surface area contributed by atoms with Crippen LogP contribution in [0.15, 0.2) is 27.6 Å². The van der Waals surface area contributed by atoms with Crippen molar-refractivity contribution in [2.75, 3.05) is 13.1 Å². The zero-order valence-electron chi connectivity index (χ0n) is 9.64. The van der Waals surface area contributed by atoms with E-state index in [4.69, 9.17) is 17.3 Å².